The highest BCUT2D eigenvalue weighted by Crippen LogP contribution is 2.40. The Morgan fingerprint density at radius 3 is 2.90 bits per heavy atom. The number of nitrogens with zero attached hydrogens (tertiary/aromatic N) is 4. The number of piperazine rings is 1. The van der Waals surface area contributed by atoms with E-state index in [0.717, 1.165) is 73.1 Å². The molecule has 1 amide bonds. The van der Waals surface area contributed by atoms with Crippen LogP contribution in [0.2, 0.25) is 0 Å². The van der Waals surface area contributed by atoms with Crippen LogP contribution in [-0.4, -0.2) is 91.1 Å². The van der Waals surface area contributed by atoms with Gasteiger partial charge in [0.15, 0.2) is 11.0 Å². The lowest BCUT2D eigenvalue weighted by Gasteiger charge is -2.47. The van der Waals surface area contributed by atoms with Gasteiger partial charge in [-0.05, 0) is 70.4 Å². The first-order valence-corrected chi connectivity index (χ1v) is 14.9. The third-order valence-corrected chi connectivity index (χ3v) is 9.30. The maximum atomic E-state index is 13.0. The van der Waals surface area contributed by atoms with E-state index in [2.05, 4.69) is 44.1 Å². The van der Waals surface area contributed by atoms with E-state index in [1.54, 1.807) is 13.3 Å². The molecule has 10 nitrogen and oxygen atoms in total. The van der Waals surface area contributed by atoms with Crippen molar-refractivity contribution in [1.29, 1.82) is 0 Å². The largest absolute Gasteiger partial charge is 0.495 e. The standard InChI is InChI=1S/C29H40N6O4S/c1-17(14-32-25(30-3)16-39-24-7-5-6-23(24)36)21-8-9-22-27(26(21)38-4)40-29(33-22)34-28(37)19-12-20(13-19)35-11-10-31-15-18(35)2/h8-9,14,18-20,23-24,31,36H,3,5-7,10-13,15-16H2,1-2,4H3,(H,33,34,37)/b17-14+,32-25-/t18-,19-,20+,23-,24-/m0/s1. The van der Waals surface area contributed by atoms with E-state index in [9.17, 15) is 9.90 Å². The van der Waals surface area contributed by atoms with Gasteiger partial charge >= 0.3 is 0 Å². The van der Waals surface area contributed by atoms with E-state index < -0.39 is 6.10 Å². The average Bonchev–Trinajstić information content (AvgIpc) is 3.53. The molecule has 2 saturated carbocycles. The van der Waals surface area contributed by atoms with Crippen LogP contribution < -0.4 is 15.4 Å². The third-order valence-electron chi connectivity index (χ3n) is 8.31. The Kier molecular flexibility index (Phi) is 9.27. The van der Waals surface area contributed by atoms with Crippen molar-refractivity contribution in [3.8, 4) is 5.75 Å². The number of hydrogen-bond donors (Lipinski definition) is 3. The number of amidine groups is 1. The van der Waals surface area contributed by atoms with Gasteiger partial charge in [-0.1, -0.05) is 11.3 Å². The summed E-state index contributed by atoms with van der Waals surface area (Å²) in [5.74, 6) is 1.20. The number of methoxy groups -OCH3 is 1. The Morgan fingerprint density at radius 1 is 1.38 bits per heavy atom. The van der Waals surface area contributed by atoms with Crippen LogP contribution in [0.15, 0.2) is 28.3 Å². The summed E-state index contributed by atoms with van der Waals surface area (Å²) in [6, 6.07) is 4.88. The van der Waals surface area contributed by atoms with Gasteiger partial charge in [0.05, 0.1) is 29.5 Å². The van der Waals surface area contributed by atoms with Gasteiger partial charge in [-0.15, -0.1) is 0 Å². The minimum atomic E-state index is -0.430. The molecule has 1 aromatic carbocycles. The molecular weight excluding hydrogens is 528 g/mol. The number of thiazole rings is 1. The maximum Gasteiger partial charge on any atom is 0.229 e. The number of hydrogen-bond acceptors (Lipinski definition) is 9. The predicted molar refractivity (Wildman–Crippen MR) is 161 cm³/mol. The fourth-order valence-electron chi connectivity index (χ4n) is 5.86. The van der Waals surface area contributed by atoms with Crippen LogP contribution in [0.4, 0.5) is 5.13 Å². The number of carbonyl (C=O) groups excluding carboxylic acids is 1. The van der Waals surface area contributed by atoms with Gasteiger partial charge in [0.1, 0.15) is 12.4 Å². The molecule has 2 aliphatic carbocycles. The second-order valence-electron chi connectivity index (χ2n) is 11.0. The molecule has 0 bridgehead atoms. The van der Waals surface area contributed by atoms with Crippen LogP contribution >= 0.6 is 11.3 Å². The van der Waals surface area contributed by atoms with E-state index in [1.165, 1.54) is 11.3 Å². The Morgan fingerprint density at radius 2 is 2.20 bits per heavy atom. The number of amides is 1. The number of rotatable bonds is 9. The normalized spacial score (nSPS) is 27.9. The SMILES string of the molecule is C=N/C(CO[C@H]1CCC[C@@H]1O)=N\C=C(/C)c1ccc2nc(NC(=O)[C@H]3C[C@@H](N4CCNC[C@@H]4C)C3)sc2c1OC. The summed E-state index contributed by atoms with van der Waals surface area (Å²) >= 11 is 1.42. The van der Waals surface area contributed by atoms with Gasteiger partial charge in [0, 0.05) is 49.4 Å². The Bertz CT molecular complexity index is 1290. The number of nitrogens with one attached hydrogen (secondary N) is 2. The van der Waals surface area contributed by atoms with Crippen LogP contribution in [0.1, 0.15) is 51.5 Å². The first-order valence-electron chi connectivity index (χ1n) is 14.1. The zero-order valence-corrected chi connectivity index (χ0v) is 24.4. The van der Waals surface area contributed by atoms with Gasteiger partial charge in [-0.3, -0.25) is 9.69 Å². The topological polar surface area (TPSA) is 121 Å². The number of aliphatic hydroxyl groups is 1. The zero-order valence-electron chi connectivity index (χ0n) is 23.6. The molecule has 3 atom stereocenters. The molecule has 216 valence electrons. The second-order valence-corrected chi connectivity index (χ2v) is 12.0. The Labute approximate surface area is 239 Å². The summed E-state index contributed by atoms with van der Waals surface area (Å²) in [4.78, 5) is 28.6. The molecular formula is C29H40N6O4S. The van der Waals surface area contributed by atoms with Crippen molar-refractivity contribution in [2.75, 3.05) is 38.7 Å². The fraction of sp³-hybridized carbons (Fsp3) is 0.586. The highest BCUT2D eigenvalue weighted by atomic mass is 32.1. The first-order chi connectivity index (χ1) is 19.4. The number of carbonyl (C=O) groups is 1. The molecule has 0 spiro atoms. The summed E-state index contributed by atoms with van der Waals surface area (Å²) < 4.78 is 12.5. The molecule has 1 aliphatic heterocycles. The van der Waals surface area contributed by atoms with Gasteiger partial charge in [-0.2, -0.15) is 0 Å². The van der Waals surface area contributed by atoms with Crippen molar-refractivity contribution < 1.29 is 19.4 Å². The number of benzene rings is 1. The quantitative estimate of drug-likeness (QED) is 0.312. The van der Waals surface area contributed by atoms with Crippen LogP contribution in [0.5, 0.6) is 5.75 Å². The summed E-state index contributed by atoms with van der Waals surface area (Å²) in [6.07, 6.45) is 5.47. The highest BCUT2D eigenvalue weighted by molar-refractivity contribution is 7.22. The van der Waals surface area contributed by atoms with Crippen LogP contribution in [0, 0.1) is 5.92 Å². The van der Waals surface area contributed by atoms with E-state index in [0.29, 0.717) is 28.8 Å². The number of allylic oxidation sites excluding steroid dienone is 1. The smallest absolute Gasteiger partial charge is 0.229 e. The third kappa shape index (κ3) is 6.28. The molecule has 3 N–H and O–H groups in total. The lowest BCUT2D eigenvalue weighted by atomic mass is 9.78. The minimum absolute atomic E-state index is 0.0215. The number of aromatic nitrogens is 1. The van der Waals surface area contributed by atoms with Crippen LogP contribution in [0.25, 0.3) is 15.8 Å². The van der Waals surface area contributed by atoms with E-state index in [1.807, 2.05) is 19.1 Å². The van der Waals surface area contributed by atoms with Crippen LogP contribution in [0.3, 0.4) is 0 Å². The second kappa shape index (κ2) is 12.9. The van der Waals surface area contributed by atoms with Crippen LogP contribution in [-0.2, 0) is 9.53 Å². The highest BCUT2D eigenvalue weighted by Gasteiger charge is 2.40. The van der Waals surface area contributed by atoms with E-state index in [-0.39, 0.29) is 24.5 Å². The van der Waals surface area contributed by atoms with Gasteiger partial charge < -0.3 is 25.2 Å². The molecule has 2 heterocycles. The average molecular weight is 569 g/mol. The molecule has 0 radical (unpaired) electrons. The molecule has 40 heavy (non-hydrogen) atoms. The van der Waals surface area contributed by atoms with Crippen molar-refractivity contribution in [2.45, 2.75) is 70.2 Å². The van der Waals surface area contributed by atoms with Crippen molar-refractivity contribution in [3.63, 3.8) is 0 Å². The first kappa shape index (κ1) is 28.8. The zero-order chi connectivity index (χ0) is 28.2. The van der Waals surface area contributed by atoms with Gasteiger partial charge in [0.25, 0.3) is 0 Å². The van der Waals surface area contributed by atoms with Crippen molar-refractivity contribution in [2.24, 2.45) is 15.9 Å². The fourth-order valence-corrected chi connectivity index (χ4v) is 6.85. The molecule has 3 aliphatic rings. The molecule has 11 heteroatoms. The maximum absolute atomic E-state index is 13.0. The van der Waals surface area contributed by atoms with E-state index in [4.69, 9.17) is 9.47 Å². The number of aliphatic hydroxyl groups excluding tert-OH is 1. The lowest BCUT2D eigenvalue weighted by molar-refractivity contribution is -0.125. The summed E-state index contributed by atoms with van der Waals surface area (Å²) in [5.41, 5.74) is 2.53. The molecule has 3 fully saturated rings. The number of aliphatic imine (C=N–C) groups is 2. The Hall–Kier alpha value is -2.70. The summed E-state index contributed by atoms with van der Waals surface area (Å²) in [5, 5.41) is 17.0. The van der Waals surface area contributed by atoms with Crippen molar-refractivity contribution in [1.82, 2.24) is 15.2 Å². The summed E-state index contributed by atoms with van der Waals surface area (Å²) in [7, 11) is 1.63. The molecule has 2 aromatic rings. The number of fused-ring (bicyclic) bond motifs is 1. The molecule has 1 aromatic heterocycles. The molecule has 1 saturated heterocycles. The Balaban J connectivity index is 1.24. The van der Waals surface area contributed by atoms with Gasteiger partial charge in [0.2, 0.25) is 5.91 Å². The summed E-state index contributed by atoms with van der Waals surface area (Å²) in [6.45, 7) is 11.1. The monoisotopic (exact) mass is 568 g/mol. The van der Waals surface area contributed by atoms with Crippen molar-refractivity contribution in [3.05, 3.63) is 23.9 Å². The minimum Gasteiger partial charge on any atom is -0.495 e. The number of ether oxygens (including phenoxy) is 2. The molecule has 0 unspecified atom stereocenters. The van der Waals surface area contributed by atoms with Crippen molar-refractivity contribution >= 4 is 50.7 Å². The lowest BCUT2D eigenvalue weighted by Crippen LogP contribution is -2.58. The van der Waals surface area contributed by atoms with E-state index >= 15 is 0 Å². The van der Waals surface area contributed by atoms with Gasteiger partial charge in [-0.25, -0.2) is 15.0 Å². The molecule has 5 rings (SSSR count). The predicted octanol–water partition coefficient (Wildman–Crippen LogP) is 3.71. The number of anilines is 1.